The van der Waals surface area contributed by atoms with E-state index in [1.165, 1.54) is 12.7 Å². The molecule has 1 saturated heterocycles. The lowest BCUT2D eigenvalue weighted by atomic mass is 10.1. The Balaban J connectivity index is 2.11. The minimum atomic E-state index is -1.01. The second-order valence-corrected chi connectivity index (χ2v) is 4.44. The quantitative estimate of drug-likeness (QED) is 0.444. The first kappa shape index (κ1) is 13.7. The molecule has 1 fully saturated rings. The SMILES string of the molecule is C=C=C1C(O)[C@@H](CO)O[C@H]1n1cnc2c(NO)ncnc21. The zero-order chi connectivity index (χ0) is 15.0. The number of fused-ring (bicyclic) bond motifs is 1. The minimum Gasteiger partial charge on any atom is -0.394 e. The highest BCUT2D eigenvalue weighted by atomic mass is 16.5. The standard InChI is InChI=1S/C12H13N5O4/c1-2-6-9(19)7(3-18)21-12(6)17-5-15-8-10(16-20)13-4-14-11(8)17/h4-5,7,9,12,18-20H,1,3H2,(H,13,14,16)/t7-,9?,12-/m1/s1. The average Bonchev–Trinajstić information content (AvgIpc) is 3.07. The molecule has 9 nitrogen and oxygen atoms in total. The lowest BCUT2D eigenvalue weighted by Crippen LogP contribution is -2.25. The van der Waals surface area contributed by atoms with Gasteiger partial charge in [0.25, 0.3) is 0 Å². The second-order valence-electron chi connectivity index (χ2n) is 4.44. The molecule has 110 valence electrons. The number of anilines is 1. The number of nitrogens with zero attached hydrogens (tertiary/aromatic N) is 4. The Labute approximate surface area is 118 Å². The fourth-order valence-corrected chi connectivity index (χ4v) is 2.32. The first-order valence-electron chi connectivity index (χ1n) is 6.13. The fraction of sp³-hybridized carbons (Fsp3) is 0.333. The molecular weight excluding hydrogens is 278 g/mol. The maximum Gasteiger partial charge on any atom is 0.181 e. The number of aliphatic hydroxyl groups excluding tert-OH is 2. The molecule has 0 amide bonds. The number of hydrogen-bond donors (Lipinski definition) is 4. The zero-order valence-electron chi connectivity index (χ0n) is 10.8. The Morgan fingerprint density at radius 2 is 2.24 bits per heavy atom. The van der Waals surface area contributed by atoms with Crippen LogP contribution in [0.5, 0.6) is 0 Å². The van der Waals surface area contributed by atoms with Crippen LogP contribution in [0, 0.1) is 0 Å². The van der Waals surface area contributed by atoms with Gasteiger partial charge in [-0.1, -0.05) is 6.58 Å². The van der Waals surface area contributed by atoms with Crippen LogP contribution < -0.4 is 5.48 Å². The first-order chi connectivity index (χ1) is 10.2. The van der Waals surface area contributed by atoms with Gasteiger partial charge in [0.05, 0.1) is 18.5 Å². The van der Waals surface area contributed by atoms with E-state index in [9.17, 15) is 10.2 Å². The molecule has 0 saturated carbocycles. The summed E-state index contributed by atoms with van der Waals surface area (Å²) < 4.78 is 7.14. The molecule has 2 aromatic rings. The van der Waals surface area contributed by atoms with Crippen LogP contribution in [-0.4, -0.2) is 53.8 Å². The van der Waals surface area contributed by atoms with Crippen molar-refractivity contribution in [3.63, 3.8) is 0 Å². The molecule has 21 heavy (non-hydrogen) atoms. The summed E-state index contributed by atoms with van der Waals surface area (Å²) in [6.45, 7) is 3.19. The van der Waals surface area contributed by atoms with Gasteiger partial charge in [0.1, 0.15) is 18.5 Å². The zero-order valence-corrected chi connectivity index (χ0v) is 10.8. The van der Waals surface area contributed by atoms with Gasteiger partial charge in [-0.15, -0.1) is 5.73 Å². The Hall–Kier alpha value is -2.29. The van der Waals surface area contributed by atoms with Crippen LogP contribution in [0.4, 0.5) is 5.82 Å². The fourth-order valence-electron chi connectivity index (χ4n) is 2.32. The molecule has 3 rings (SSSR count). The Bertz CT molecular complexity index is 724. The van der Waals surface area contributed by atoms with Crippen molar-refractivity contribution in [2.45, 2.75) is 18.4 Å². The van der Waals surface area contributed by atoms with Gasteiger partial charge in [-0.25, -0.2) is 15.0 Å². The average molecular weight is 291 g/mol. The van der Waals surface area contributed by atoms with E-state index in [0.717, 1.165) is 0 Å². The van der Waals surface area contributed by atoms with Crippen molar-refractivity contribution in [3.05, 3.63) is 30.5 Å². The van der Waals surface area contributed by atoms with Crippen LogP contribution in [0.2, 0.25) is 0 Å². The Morgan fingerprint density at radius 1 is 1.43 bits per heavy atom. The Morgan fingerprint density at radius 3 is 2.90 bits per heavy atom. The molecule has 3 atom stereocenters. The third-order valence-electron chi connectivity index (χ3n) is 3.34. The third kappa shape index (κ3) is 2.00. The van der Waals surface area contributed by atoms with Gasteiger partial charge in [-0.3, -0.25) is 15.3 Å². The molecule has 1 aliphatic rings. The molecule has 0 aliphatic carbocycles. The van der Waals surface area contributed by atoms with Gasteiger partial charge < -0.3 is 14.9 Å². The van der Waals surface area contributed by atoms with Gasteiger partial charge in [0.15, 0.2) is 23.2 Å². The highest BCUT2D eigenvalue weighted by Crippen LogP contribution is 2.35. The van der Waals surface area contributed by atoms with E-state index in [2.05, 4.69) is 27.3 Å². The number of nitrogens with one attached hydrogen (secondary N) is 1. The molecule has 4 N–H and O–H groups in total. The van der Waals surface area contributed by atoms with Crippen molar-refractivity contribution in [3.8, 4) is 0 Å². The summed E-state index contributed by atoms with van der Waals surface area (Å²) in [4.78, 5) is 12.0. The molecule has 0 bridgehead atoms. The van der Waals surface area contributed by atoms with E-state index >= 15 is 0 Å². The van der Waals surface area contributed by atoms with Crippen molar-refractivity contribution in [1.82, 2.24) is 19.5 Å². The first-order valence-corrected chi connectivity index (χ1v) is 6.13. The monoisotopic (exact) mass is 291 g/mol. The van der Waals surface area contributed by atoms with Gasteiger partial charge in [0, 0.05) is 0 Å². The third-order valence-corrected chi connectivity index (χ3v) is 3.34. The summed E-state index contributed by atoms with van der Waals surface area (Å²) in [5.41, 5.74) is 5.68. The van der Waals surface area contributed by atoms with E-state index < -0.39 is 18.4 Å². The van der Waals surface area contributed by atoms with Crippen molar-refractivity contribution in [2.75, 3.05) is 12.1 Å². The maximum atomic E-state index is 10.0. The highest BCUT2D eigenvalue weighted by Gasteiger charge is 2.40. The van der Waals surface area contributed by atoms with Crippen LogP contribution in [0.25, 0.3) is 11.2 Å². The summed E-state index contributed by atoms with van der Waals surface area (Å²) in [6, 6.07) is 0. The van der Waals surface area contributed by atoms with Gasteiger partial charge >= 0.3 is 0 Å². The van der Waals surface area contributed by atoms with E-state index in [1.54, 1.807) is 4.57 Å². The number of ether oxygens (including phenoxy) is 1. The van der Waals surface area contributed by atoms with Crippen LogP contribution >= 0.6 is 0 Å². The van der Waals surface area contributed by atoms with Crippen molar-refractivity contribution < 1.29 is 20.2 Å². The highest BCUT2D eigenvalue weighted by molar-refractivity contribution is 5.82. The summed E-state index contributed by atoms with van der Waals surface area (Å²) >= 11 is 0. The van der Waals surface area contributed by atoms with E-state index in [0.29, 0.717) is 16.7 Å². The summed E-state index contributed by atoms with van der Waals surface area (Å²) in [5, 5.41) is 28.3. The molecule has 2 aromatic heterocycles. The normalized spacial score (nSPS) is 25.3. The van der Waals surface area contributed by atoms with Gasteiger partial charge in [-0.2, -0.15) is 0 Å². The van der Waals surface area contributed by atoms with Crippen molar-refractivity contribution in [1.29, 1.82) is 0 Å². The molecule has 0 spiro atoms. The molecule has 3 heterocycles. The summed E-state index contributed by atoms with van der Waals surface area (Å²) in [5.74, 6) is 0.153. The second kappa shape index (κ2) is 5.24. The molecule has 0 radical (unpaired) electrons. The Kier molecular flexibility index (Phi) is 3.42. The predicted molar refractivity (Wildman–Crippen MR) is 70.4 cm³/mol. The van der Waals surface area contributed by atoms with Crippen molar-refractivity contribution in [2.24, 2.45) is 0 Å². The van der Waals surface area contributed by atoms with E-state index in [1.807, 2.05) is 5.48 Å². The smallest absolute Gasteiger partial charge is 0.181 e. The maximum absolute atomic E-state index is 10.0. The lowest BCUT2D eigenvalue weighted by Gasteiger charge is -2.13. The number of aliphatic hydroxyl groups is 2. The van der Waals surface area contributed by atoms with Gasteiger partial charge in [0.2, 0.25) is 0 Å². The summed E-state index contributed by atoms with van der Waals surface area (Å²) in [7, 11) is 0. The molecule has 9 heteroatoms. The van der Waals surface area contributed by atoms with E-state index in [4.69, 9.17) is 9.94 Å². The number of aromatic nitrogens is 4. The van der Waals surface area contributed by atoms with Crippen molar-refractivity contribution >= 4 is 17.0 Å². The van der Waals surface area contributed by atoms with Crippen LogP contribution in [0.1, 0.15) is 6.23 Å². The van der Waals surface area contributed by atoms with Crippen LogP contribution in [0.3, 0.4) is 0 Å². The lowest BCUT2D eigenvalue weighted by molar-refractivity contribution is -0.0422. The van der Waals surface area contributed by atoms with Crippen LogP contribution in [-0.2, 0) is 4.74 Å². The topological polar surface area (TPSA) is 126 Å². The molecule has 1 unspecified atom stereocenters. The molecule has 1 aliphatic heterocycles. The minimum absolute atomic E-state index is 0.153. The number of imidazole rings is 1. The number of hydrogen-bond acceptors (Lipinski definition) is 8. The van der Waals surface area contributed by atoms with Gasteiger partial charge in [-0.05, 0) is 0 Å². The molecular formula is C12H13N5O4. The molecule has 0 aromatic carbocycles. The largest absolute Gasteiger partial charge is 0.394 e. The van der Waals surface area contributed by atoms with Crippen LogP contribution in [0.15, 0.2) is 30.5 Å². The summed E-state index contributed by atoms with van der Waals surface area (Å²) in [6.07, 6.45) is 0.183. The number of rotatable bonds is 3. The predicted octanol–water partition coefficient (Wildman–Crippen LogP) is -0.411. The van der Waals surface area contributed by atoms with E-state index in [-0.39, 0.29) is 12.4 Å².